The molecule has 0 bridgehead atoms. The van der Waals surface area contributed by atoms with Crippen LogP contribution in [0.3, 0.4) is 0 Å². The summed E-state index contributed by atoms with van der Waals surface area (Å²) in [5.41, 5.74) is 4.68. The van der Waals surface area contributed by atoms with Crippen LogP contribution in [0.2, 0.25) is 0 Å². The molecule has 1 atom stereocenters. The first-order chi connectivity index (χ1) is 14.7. The maximum absolute atomic E-state index is 12.9. The van der Waals surface area contributed by atoms with Crippen LogP contribution in [0, 0.1) is 0 Å². The van der Waals surface area contributed by atoms with E-state index >= 15 is 0 Å². The van der Waals surface area contributed by atoms with E-state index in [2.05, 4.69) is 40.4 Å². The van der Waals surface area contributed by atoms with E-state index in [1.165, 1.54) is 42.5 Å². The molecule has 0 saturated carbocycles. The summed E-state index contributed by atoms with van der Waals surface area (Å²) in [6.07, 6.45) is 6.08. The molecule has 1 unspecified atom stereocenters. The van der Waals surface area contributed by atoms with Gasteiger partial charge in [0, 0.05) is 25.8 Å². The van der Waals surface area contributed by atoms with E-state index < -0.39 is 0 Å². The minimum atomic E-state index is -0.0767. The van der Waals surface area contributed by atoms with E-state index in [1.54, 1.807) is 7.11 Å². The van der Waals surface area contributed by atoms with Crippen molar-refractivity contribution in [2.24, 2.45) is 0 Å². The van der Waals surface area contributed by atoms with Crippen LogP contribution in [0.1, 0.15) is 53.2 Å². The highest BCUT2D eigenvalue weighted by atomic mass is 16.5. The molecule has 160 valence electrons. The van der Waals surface area contributed by atoms with Crippen molar-refractivity contribution in [3.63, 3.8) is 0 Å². The number of nitrogens with zero attached hydrogens (tertiary/aromatic N) is 2. The van der Waals surface area contributed by atoms with E-state index in [-0.39, 0.29) is 11.9 Å². The summed E-state index contributed by atoms with van der Waals surface area (Å²) in [5, 5.41) is 3.19. The Morgan fingerprint density at radius 2 is 1.87 bits per heavy atom. The lowest BCUT2D eigenvalue weighted by Gasteiger charge is -2.36. The van der Waals surface area contributed by atoms with Crippen LogP contribution in [-0.2, 0) is 6.42 Å². The topological polar surface area (TPSA) is 44.8 Å². The lowest BCUT2D eigenvalue weighted by molar-refractivity contribution is 0.0921. The van der Waals surface area contributed by atoms with Gasteiger partial charge in [0.1, 0.15) is 5.75 Å². The van der Waals surface area contributed by atoms with Gasteiger partial charge in [-0.3, -0.25) is 9.69 Å². The summed E-state index contributed by atoms with van der Waals surface area (Å²) in [6, 6.07) is 14.5. The molecule has 2 aliphatic heterocycles. The lowest BCUT2D eigenvalue weighted by Crippen LogP contribution is -2.40. The van der Waals surface area contributed by atoms with Gasteiger partial charge in [0.15, 0.2) is 0 Å². The third-order valence-electron chi connectivity index (χ3n) is 6.48. The Hall–Kier alpha value is -2.53. The van der Waals surface area contributed by atoms with Crippen LogP contribution in [0.25, 0.3) is 0 Å². The zero-order valence-electron chi connectivity index (χ0n) is 18.2. The number of hydrogen-bond acceptors (Lipinski definition) is 4. The molecule has 2 aliphatic rings. The van der Waals surface area contributed by atoms with Crippen molar-refractivity contribution in [3.05, 3.63) is 59.2 Å². The van der Waals surface area contributed by atoms with Gasteiger partial charge in [-0.2, -0.15) is 0 Å². The summed E-state index contributed by atoms with van der Waals surface area (Å²) in [5.74, 6) is 0.536. The lowest BCUT2D eigenvalue weighted by atomic mass is 9.95. The summed E-state index contributed by atoms with van der Waals surface area (Å²) in [7, 11) is 3.78. The second-order valence-electron chi connectivity index (χ2n) is 8.44. The molecule has 2 heterocycles. The molecule has 5 nitrogen and oxygen atoms in total. The molecule has 1 amide bonds. The molecule has 1 fully saturated rings. The zero-order chi connectivity index (χ0) is 20.9. The number of rotatable bonds is 6. The number of nitrogens with one attached hydrogen (secondary N) is 1. The van der Waals surface area contributed by atoms with E-state index in [0.29, 0.717) is 17.9 Å². The smallest absolute Gasteiger partial charge is 0.255 e. The van der Waals surface area contributed by atoms with Gasteiger partial charge in [0.05, 0.1) is 18.7 Å². The maximum atomic E-state index is 12.9. The molecule has 0 radical (unpaired) electrons. The summed E-state index contributed by atoms with van der Waals surface area (Å²) in [4.78, 5) is 17.8. The molecule has 2 aromatic carbocycles. The predicted molar refractivity (Wildman–Crippen MR) is 122 cm³/mol. The molecule has 5 heteroatoms. The molecule has 0 aliphatic carbocycles. The Kier molecular flexibility index (Phi) is 6.58. The van der Waals surface area contributed by atoms with Crippen molar-refractivity contribution in [2.45, 2.75) is 38.1 Å². The molecular formula is C25H33N3O2. The monoisotopic (exact) mass is 407 g/mol. The fourth-order valence-corrected chi connectivity index (χ4v) is 4.82. The molecular weight excluding hydrogens is 374 g/mol. The van der Waals surface area contributed by atoms with E-state index in [1.807, 2.05) is 24.3 Å². The molecule has 1 saturated heterocycles. The summed E-state index contributed by atoms with van der Waals surface area (Å²) in [6.45, 7) is 3.90. The molecule has 2 aromatic rings. The van der Waals surface area contributed by atoms with Gasteiger partial charge >= 0.3 is 0 Å². The van der Waals surface area contributed by atoms with Crippen molar-refractivity contribution in [3.8, 4) is 5.75 Å². The van der Waals surface area contributed by atoms with Crippen LogP contribution in [0.5, 0.6) is 5.75 Å². The Balaban J connectivity index is 1.55. The van der Waals surface area contributed by atoms with Crippen LogP contribution >= 0.6 is 0 Å². The number of carbonyl (C=O) groups excluding carboxylic acids is 1. The van der Waals surface area contributed by atoms with Gasteiger partial charge < -0.3 is 15.0 Å². The third kappa shape index (κ3) is 4.46. The highest BCUT2D eigenvalue weighted by Crippen LogP contribution is 2.31. The predicted octanol–water partition coefficient (Wildman–Crippen LogP) is 4.03. The van der Waals surface area contributed by atoms with Crippen LogP contribution in [-0.4, -0.2) is 51.1 Å². The number of methoxy groups -OCH3 is 1. The first kappa shape index (κ1) is 20.7. The van der Waals surface area contributed by atoms with Crippen molar-refractivity contribution >= 4 is 11.6 Å². The summed E-state index contributed by atoms with van der Waals surface area (Å²) < 4.78 is 5.37. The maximum Gasteiger partial charge on any atom is 0.255 e. The van der Waals surface area contributed by atoms with E-state index in [4.69, 9.17) is 4.74 Å². The fraction of sp³-hybridized carbons (Fsp3) is 0.480. The number of likely N-dealkylation sites (tertiary alicyclic amines) is 1. The largest absolute Gasteiger partial charge is 0.496 e. The highest BCUT2D eigenvalue weighted by Gasteiger charge is 2.25. The molecule has 30 heavy (non-hydrogen) atoms. The Morgan fingerprint density at radius 3 is 2.67 bits per heavy atom. The second-order valence-corrected chi connectivity index (χ2v) is 8.44. The van der Waals surface area contributed by atoms with Gasteiger partial charge in [-0.15, -0.1) is 0 Å². The number of hydrogen-bond donors (Lipinski definition) is 1. The first-order valence-electron chi connectivity index (χ1n) is 11.2. The van der Waals surface area contributed by atoms with Crippen molar-refractivity contribution in [2.75, 3.05) is 45.2 Å². The van der Waals surface area contributed by atoms with Gasteiger partial charge in [-0.25, -0.2) is 0 Å². The number of benzene rings is 2. The highest BCUT2D eigenvalue weighted by molar-refractivity contribution is 5.96. The van der Waals surface area contributed by atoms with Gasteiger partial charge in [0.25, 0.3) is 5.91 Å². The fourth-order valence-electron chi connectivity index (χ4n) is 4.82. The standard InChI is InChI=1S/C25H33N3O2/c1-27-14-8-9-19-17-20(12-13-22(19)27)23(28-15-6-3-7-16-28)18-26-25(29)21-10-4-5-11-24(21)30-2/h4-5,10-13,17,23H,3,6-9,14-16,18H2,1-2H3,(H,26,29). The number of aryl methyl sites for hydroxylation is 1. The van der Waals surface area contributed by atoms with Gasteiger partial charge in [-0.1, -0.05) is 30.7 Å². The number of para-hydroxylation sites is 1. The number of amides is 1. The van der Waals surface area contributed by atoms with Crippen LogP contribution < -0.4 is 15.0 Å². The normalized spacial score (nSPS) is 17.9. The SMILES string of the molecule is COc1ccccc1C(=O)NCC(c1ccc2c(c1)CCCN2C)N1CCCCC1. The zero-order valence-corrected chi connectivity index (χ0v) is 18.2. The second kappa shape index (κ2) is 9.52. The Bertz CT molecular complexity index is 876. The Morgan fingerprint density at radius 1 is 1.07 bits per heavy atom. The quantitative estimate of drug-likeness (QED) is 0.785. The number of anilines is 1. The third-order valence-corrected chi connectivity index (χ3v) is 6.48. The molecule has 1 N–H and O–H groups in total. The minimum Gasteiger partial charge on any atom is -0.496 e. The molecule has 0 spiro atoms. The number of ether oxygens (including phenoxy) is 1. The van der Waals surface area contributed by atoms with Crippen LogP contribution in [0.15, 0.2) is 42.5 Å². The number of carbonyl (C=O) groups is 1. The van der Waals surface area contributed by atoms with Crippen LogP contribution in [0.4, 0.5) is 5.69 Å². The van der Waals surface area contributed by atoms with Crippen molar-refractivity contribution in [1.82, 2.24) is 10.2 Å². The van der Waals surface area contributed by atoms with Crippen molar-refractivity contribution < 1.29 is 9.53 Å². The minimum absolute atomic E-state index is 0.0767. The van der Waals surface area contributed by atoms with E-state index in [0.717, 1.165) is 26.1 Å². The van der Waals surface area contributed by atoms with Gasteiger partial charge in [-0.05, 0) is 68.1 Å². The average molecular weight is 408 g/mol. The summed E-state index contributed by atoms with van der Waals surface area (Å²) >= 11 is 0. The average Bonchev–Trinajstić information content (AvgIpc) is 2.80. The van der Waals surface area contributed by atoms with Gasteiger partial charge in [0.2, 0.25) is 0 Å². The van der Waals surface area contributed by atoms with E-state index in [9.17, 15) is 4.79 Å². The number of fused-ring (bicyclic) bond motifs is 1. The Labute approximate surface area is 180 Å². The molecule has 4 rings (SSSR count). The first-order valence-corrected chi connectivity index (χ1v) is 11.2. The number of piperidine rings is 1. The molecule has 0 aromatic heterocycles. The van der Waals surface area contributed by atoms with Crippen molar-refractivity contribution in [1.29, 1.82) is 0 Å².